The summed E-state index contributed by atoms with van der Waals surface area (Å²) in [6.45, 7) is 3.77. The summed E-state index contributed by atoms with van der Waals surface area (Å²) in [4.78, 5) is 25.3. The maximum Gasteiger partial charge on any atom is 0.251 e. The van der Waals surface area contributed by atoms with E-state index < -0.39 is 12.2 Å². The lowest BCUT2D eigenvalue weighted by atomic mass is 10.0. The Balaban J connectivity index is 1.43. The molecular weight excluding hydrogens is 334 g/mol. The van der Waals surface area contributed by atoms with Gasteiger partial charge in [-0.25, -0.2) is 0 Å². The summed E-state index contributed by atoms with van der Waals surface area (Å²) in [6, 6.07) is 9.10. The maximum absolute atomic E-state index is 12.1. The molecule has 2 amide bonds. The first-order valence-corrected chi connectivity index (χ1v) is 9.19. The lowest BCUT2D eigenvalue weighted by Gasteiger charge is -2.33. The number of carbonyl (C=O) groups excluding carboxylic acids is 2. The molecule has 2 aliphatic rings. The molecule has 3 atom stereocenters. The van der Waals surface area contributed by atoms with E-state index in [-0.39, 0.29) is 30.4 Å². The Hall–Kier alpha value is -1.96. The van der Waals surface area contributed by atoms with Crippen LogP contribution in [0.2, 0.25) is 0 Å². The number of piperidine rings is 1. The average Bonchev–Trinajstić information content (AvgIpc) is 3.00. The van der Waals surface area contributed by atoms with Gasteiger partial charge in [-0.15, -0.1) is 0 Å². The number of hydrogen-bond acceptors (Lipinski definition) is 5. The zero-order valence-corrected chi connectivity index (χ0v) is 15.1. The van der Waals surface area contributed by atoms with Crippen molar-refractivity contribution in [1.29, 1.82) is 0 Å². The summed E-state index contributed by atoms with van der Waals surface area (Å²) in [5.74, 6) is -0.0590. The van der Waals surface area contributed by atoms with Crippen molar-refractivity contribution in [3.63, 3.8) is 0 Å². The molecule has 7 heteroatoms. The van der Waals surface area contributed by atoms with Gasteiger partial charge in [0.05, 0.1) is 18.8 Å². The second kappa shape index (κ2) is 8.62. The molecule has 3 N–H and O–H groups in total. The molecule has 0 saturated carbocycles. The summed E-state index contributed by atoms with van der Waals surface area (Å²) in [7, 11) is 0. The van der Waals surface area contributed by atoms with Crippen LogP contribution >= 0.6 is 0 Å². The van der Waals surface area contributed by atoms with Gasteiger partial charge in [-0.3, -0.25) is 9.59 Å². The molecule has 7 nitrogen and oxygen atoms in total. The molecule has 0 unspecified atom stereocenters. The van der Waals surface area contributed by atoms with Gasteiger partial charge in [-0.05, 0) is 25.0 Å². The Morgan fingerprint density at radius 2 is 1.92 bits per heavy atom. The minimum absolute atomic E-state index is 0.113. The smallest absolute Gasteiger partial charge is 0.251 e. The number of rotatable bonds is 5. The zero-order chi connectivity index (χ0) is 18.5. The Morgan fingerprint density at radius 1 is 1.23 bits per heavy atom. The van der Waals surface area contributed by atoms with Gasteiger partial charge >= 0.3 is 0 Å². The minimum atomic E-state index is -0.670. The van der Waals surface area contributed by atoms with Gasteiger partial charge in [0.25, 0.3) is 5.91 Å². The largest absolute Gasteiger partial charge is 0.389 e. The number of likely N-dealkylation sites (tertiary alicyclic amines) is 1. The van der Waals surface area contributed by atoms with Gasteiger partial charge in [0.2, 0.25) is 5.91 Å². The molecule has 2 fully saturated rings. The number of nitrogens with one attached hydrogen (secondary N) is 2. The van der Waals surface area contributed by atoms with E-state index >= 15 is 0 Å². The molecule has 0 bridgehead atoms. The van der Waals surface area contributed by atoms with Gasteiger partial charge in [0.1, 0.15) is 6.10 Å². The van der Waals surface area contributed by atoms with Crippen molar-refractivity contribution in [1.82, 2.24) is 15.5 Å². The van der Waals surface area contributed by atoms with Gasteiger partial charge in [-0.1, -0.05) is 18.2 Å². The summed E-state index contributed by atoms with van der Waals surface area (Å²) in [5.41, 5.74) is 0.590. The summed E-state index contributed by atoms with van der Waals surface area (Å²) in [6.07, 6.45) is 0.658. The van der Waals surface area contributed by atoms with Crippen molar-refractivity contribution < 1.29 is 19.4 Å². The predicted molar refractivity (Wildman–Crippen MR) is 96.7 cm³/mol. The molecule has 2 saturated heterocycles. The van der Waals surface area contributed by atoms with Gasteiger partial charge in [0.15, 0.2) is 0 Å². The zero-order valence-electron chi connectivity index (χ0n) is 15.1. The number of carbonyl (C=O) groups is 2. The second-order valence-electron chi connectivity index (χ2n) is 6.99. The first kappa shape index (κ1) is 18.8. The van der Waals surface area contributed by atoms with E-state index in [9.17, 15) is 14.7 Å². The third kappa shape index (κ3) is 4.60. The minimum Gasteiger partial charge on any atom is -0.389 e. The molecule has 3 rings (SSSR count). The van der Waals surface area contributed by atoms with Crippen LogP contribution in [0.3, 0.4) is 0 Å². The third-order valence-electron chi connectivity index (χ3n) is 5.17. The Labute approximate surface area is 153 Å². The molecule has 2 heterocycles. The van der Waals surface area contributed by atoms with E-state index in [2.05, 4.69) is 10.6 Å². The maximum atomic E-state index is 12.1. The highest BCUT2D eigenvalue weighted by atomic mass is 16.5. The fraction of sp³-hybridized carbons (Fsp3) is 0.579. The number of benzene rings is 1. The van der Waals surface area contributed by atoms with Crippen LogP contribution in [0.1, 0.15) is 30.1 Å². The predicted octanol–water partition coefficient (Wildman–Crippen LogP) is 0.145. The molecule has 2 aliphatic heterocycles. The van der Waals surface area contributed by atoms with Crippen LogP contribution < -0.4 is 10.6 Å². The quantitative estimate of drug-likeness (QED) is 0.694. The van der Waals surface area contributed by atoms with E-state index in [4.69, 9.17) is 4.74 Å². The number of amides is 2. The Morgan fingerprint density at radius 3 is 2.58 bits per heavy atom. The van der Waals surface area contributed by atoms with Crippen LogP contribution in [0, 0.1) is 0 Å². The third-order valence-corrected chi connectivity index (χ3v) is 5.17. The van der Waals surface area contributed by atoms with Crippen LogP contribution in [0.25, 0.3) is 0 Å². The highest BCUT2D eigenvalue weighted by Crippen LogP contribution is 2.18. The van der Waals surface area contributed by atoms with Crippen molar-refractivity contribution in [2.45, 2.75) is 44.1 Å². The first-order chi connectivity index (χ1) is 12.5. The summed E-state index contributed by atoms with van der Waals surface area (Å²) < 4.78 is 5.67. The molecule has 1 aromatic rings. The van der Waals surface area contributed by atoms with Crippen molar-refractivity contribution in [3.8, 4) is 0 Å². The Kier molecular flexibility index (Phi) is 6.24. The molecule has 1 aromatic carbocycles. The Bertz CT molecular complexity index is 616. The van der Waals surface area contributed by atoms with E-state index in [1.165, 1.54) is 0 Å². The lowest BCUT2D eigenvalue weighted by Crippen LogP contribution is -2.51. The van der Waals surface area contributed by atoms with Crippen LogP contribution in [-0.4, -0.2) is 72.4 Å². The molecule has 0 aliphatic carbocycles. The number of nitrogens with zero attached hydrogens (tertiary/aromatic N) is 1. The number of aliphatic hydroxyl groups excluding tert-OH is 1. The fourth-order valence-corrected chi connectivity index (χ4v) is 3.56. The highest BCUT2D eigenvalue weighted by molar-refractivity contribution is 5.94. The van der Waals surface area contributed by atoms with Crippen molar-refractivity contribution in [3.05, 3.63) is 35.9 Å². The number of aliphatic hydroxyl groups is 1. The number of hydrogen-bond donors (Lipinski definition) is 3. The molecule has 0 radical (unpaired) electrons. The topological polar surface area (TPSA) is 90.9 Å². The molecule has 142 valence electrons. The lowest BCUT2D eigenvalue weighted by molar-refractivity contribution is -0.129. The van der Waals surface area contributed by atoms with E-state index in [1.54, 1.807) is 19.1 Å². The van der Waals surface area contributed by atoms with E-state index in [1.807, 2.05) is 23.1 Å². The molecular formula is C19H27N3O4. The van der Waals surface area contributed by atoms with Crippen LogP contribution in [0.4, 0.5) is 0 Å². The van der Waals surface area contributed by atoms with Gasteiger partial charge < -0.3 is 25.4 Å². The van der Waals surface area contributed by atoms with Crippen molar-refractivity contribution in [2.75, 3.05) is 26.2 Å². The first-order valence-electron chi connectivity index (χ1n) is 9.19. The summed E-state index contributed by atoms with van der Waals surface area (Å²) in [5, 5.41) is 16.8. The van der Waals surface area contributed by atoms with E-state index in [0.29, 0.717) is 12.2 Å². The fourth-order valence-electron chi connectivity index (χ4n) is 3.56. The van der Waals surface area contributed by atoms with Gasteiger partial charge in [-0.2, -0.15) is 0 Å². The number of ether oxygens (including phenoxy) is 1. The normalized spacial score (nSPS) is 26.7. The van der Waals surface area contributed by atoms with E-state index in [0.717, 1.165) is 25.9 Å². The average molecular weight is 361 g/mol. The SMILES string of the molecule is CC(=O)N1CCC(N[C@@H]2CO[C@H](CNC(=O)c3ccccc3)[C@H]2O)CC1. The summed E-state index contributed by atoms with van der Waals surface area (Å²) >= 11 is 0. The van der Waals surface area contributed by atoms with Gasteiger partial charge in [0, 0.05) is 38.2 Å². The molecule has 0 aromatic heterocycles. The second-order valence-corrected chi connectivity index (χ2v) is 6.99. The molecule has 26 heavy (non-hydrogen) atoms. The van der Waals surface area contributed by atoms with Crippen molar-refractivity contribution in [2.24, 2.45) is 0 Å². The highest BCUT2D eigenvalue weighted by Gasteiger charge is 2.37. The van der Waals surface area contributed by atoms with Crippen LogP contribution in [-0.2, 0) is 9.53 Å². The van der Waals surface area contributed by atoms with Crippen LogP contribution in [0.5, 0.6) is 0 Å². The van der Waals surface area contributed by atoms with Crippen LogP contribution in [0.15, 0.2) is 30.3 Å². The van der Waals surface area contributed by atoms with Crippen molar-refractivity contribution >= 4 is 11.8 Å². The molecule has 0 spiro atoms. The standard InChI is InChI=1S/C19H27N3O4/c1-13(23)22-9-7-15(8-10-22)21-16-12-26-17(18(16)24)11-20-19(25)14-5-3-2-4-6-14/h2-6,15-18,21,24H,7-12H2,1H3,(H,20,25)/t16-,17-,18+/m1/s1. The monoisotopic (exact) mass is 361 g/mol.